The zero-order valence-corrected chi connectivity index (χ0v) is 10.7. The van der Waals surface area contributed by atoms with E-state index in [-0.39, 0.29) is 5.95 Å². The average molecular weight is 239 g/mol. The fraction of sp³-hybridized carbons (Fsp3) is 0.700. The first-order chi connectivity index (χ1) is 8.02. The molecule has 96 valence electrons. The molecule has 7 nitrogen and oxygen atoms in total. The number of hydrogen-bond acceptors (Lipinski definition) is 7. The molecule has 0 radical (unpaired) electrons. The monoisotopic (exact) mass is 239 g/mol. The molecule has 1 heterocycles. The van der Waals surface area contributed by atoms with Crippen LogP contribution in [0.1, 0.15) is 12.2 Å². The smallest absolute Gasteiger partial charge is 0.229 e. The van der Waals surface area contributed by atoms with Crippen molar-refractivity contribution < 1.29 is 0 Å². The highest BCUT2D eigenvalue weighted by molar-refractivity contribution is 5.32. The predicted octanol–water partition coefficient (Wildman–Crippen LogP) is -0.700. The molecule has 1 rings (SSSR count). The van der Waals surface area contributed by atoms with Crippen molar-refractivity contribution in [2.45, 2.75) is 13.0 Å². The summed E-state index contributed by atoms with van der Waals surface area (Å²) in [6, 6.07) is 0. The molecule has 0 aliphatic carbocycles. The topological polar surface area (TPSA) is 97.2 Å². The Morgan fingerprint density at radius 1 is 1.12 bits per heavy atom. The van der Waals surface area contributed by atoms with Gasteiger partial charge in [0.15, 0.2) is 0 Å². The molecular formula is C10H21N7. The summed E-state index contributed by atoms with van der Waals surface area (Å²) in [6.07, 6.45) is 0.956. The van der Waals surface area contributed by atoms with Crippen molar-refractivity contribution in [2.24, 2.45) is 5.73 Å². The molecule has 0 saturated heterocycles. The SMILES string of the molecule is CN(CCCN)Cc1nc(N)nc(N(C)C)n1. The largest absolute Gasteiger partial charge is 0.368 e. The van der Waals surface area contributed by atoms with Gasteiger partial charge in [-0.3, -0.25) is 4.90 Å². The summed E-state index contributed by atoms with van der Waals surface area (Å²) in [6.45, 7) is 2.25. The van der Waals surface area contributed by atoms with Gasteiger partial charge in [0.2, 0.25) is 11.9 Å². The van der Waals surface area contributed by atoms with Crippen molar-refractivity contribution in [3.05, 3.63) is 5.82 Å². The van der Waals surface area contributed by atoms with Crippen LogP contribution in [0.3, 0.4) is 0 Å². The lowest BCUT2D eigenvalue weighted by Gasteiger charge is -2.16. The van der Waals surface area contributed by atoms with Crippen molar-refractivity contribution in [3.63, 3.8) is 0 Å². The van der Waals surface area contributed by atoms with Crippen LogP contribution in [-0.4, -0.2) is 54.1 Å². The van der Waals surface area contributed by atoms with Crippen LogP contribution in [-0.2, 0) is 6.54 Å². The Labute approximate surface area is 102 Å². The zero-order valence-electron chi connectivity index (χ0n) is 10.7. The van der Waals surface area contributed by atoms with E-state index in [1.165, 1.54) is 0 Å². The van der Waals surface area contributed by atoms with E-state index in [9.17, 15) is 0 Å². The number of anilines is 2. The summed E-state index contributed by atoms with van der Waals surface area (Å²) in [4.78, 5) is 16.4. The Bertz CT molecular complexity index is 353. The van der Waals surface area contributed by atoms with Gasteiger partial charge >= 0.3 is 0 Å². The van der Waals surface area contributed by atoms with Gasteiger partial charge in [0.05, 0.1) is 6.54 Å². The van der Waals surface area contributed by atoms with E-state index in [4.69, 9.17) is 11.5 Å². The number of nitrogens with two attached hydrogens (primary N) is 2. The first kappa shape index (κ1) is 13.6. The predicted molar refractivity (Wildman–Crippen MR) is 68.6 cm³/mol. The lowest BCUT2D eigenvalue weighted by molar-refractivity contribution is 0.316. The Morgan fingerprint density at radius 3 is 2.41 bits per heavy atom. The fourth-order valence-electron chi connectivity index (χ4n) is 1.38. The van der Waals surface area contributed by atoms with E-state index >= 15 is 0 Å². The Hall–Kier alpha value is -1.47. The van der Waals surface area contributed by atoms with Gasteiger partial charge in [-0.2, -0.15) is 15.0 Å². The fourth-order valence-corrected chi connectivity index (χ4v) is 1.38. The van der Waals surface area contributed by atoms with Crippen molar-refractivity contribution >= 4 is 11.9 Å². The number of hydrogen-bond donors (Lipinski definition) is 2. The molecule has 0 aliphatic heterocycles. The highest BCUT2D eigenvalue weighted by atomic mass is 15.3. The molecule has 0 spiro atoms. The molecule has 0 aliphatic rings. The normalized spacial score (nSPS) is 10.9. The Morgan fingerprint density at radius 2 is 1.82 bits per heavy atom. The molecule has 0 aromatic carbocycles. The molecule has 7 heteroatoms. The van der Waals surface area contributed by atoms with Gasteiger partial charge in [-0.1, -0.05) is 0 Å². The van der Waals surface area contributed by atoms with E-state index in [2.05, 4.69) is 19.9 Å². The van der Waals surface area contributed by atoms with Crippen LogP contribution in [0, 0.1) is 0 Å². The molecule has 0 unspecified atom stereocenters. The summed E-state index contributed by atoms with van der Waals surface area (Å²) in [7, 11) is 5.75. The van der Waals surface area contributed by atoms with Crippen LogP contribution < -0.4 is 16.4 Å². The summed E-state index contributed by atoms with van der Waals surface area (Å²) >= 11 is 0. The molecule has 0 bridgehead atoms. The summed E-state index contributed by atoms with van der Waals surface area (Å²) in [5, 5.41) is 0. The second-order valence-electron chi connectivity index (χ2n) is 4.18. The number of nitrogens with zero attached hydrogens (tertiary/aromatic N) is 5. The minimum Gasteiger partial charge on any atom is -0.368 e. The quantitative estimate of drug-likeness (QED) is 0.677. The third-order valence-corrected chi connectivity index (χ3v) is 2.24. The molecule has 17 heavy (non-hydrogen) atoms. The highest BCUT2D eigenvalue weighted by Crippen LogP contribution is 2.07. The standard InChI is InChI=1S/C10H21N7/c1-16(2)10-14-8(13-9(12)15-10)7-17(3)6-4-5-11/h4-7,11H2,1-3H3,(H2,12,13,14,15). The zero-order chi connectivity index (χ0) is 12.8. The van der Waals surface area contributed by atoms with E-state index in [0.717, 1.165) is 13.0 Å². The van der Waals surface area contributed by atoms with Gasteiger partial charge in [-0.25, -0.2) is 0 Å². The third-order valence-electron chi connectivity index (χ3n) is 2.24. The molecule has 4 N–H and O–H groups in total. The Balaban J connectivity index is 2.70. The van der Waals surface area contributed by atoms with Gasteiger partial charge in [-0.05, 0) is 26.6 Å². The van der Waals surface area contributed by atoms with E-state index in [0.29, 0.717) is 24.9 Å². The van der Waals surface area contributed by atoms with Crippen LogP contribution in [0.5, 0.6) is 0 Å². The van der Waals surface area contributed by atoms with Crippen molar-refractivity contribution in [1.29, 1.82) is 0 Å². The minimum absolute atomic E-state index is 0.255. The lowest BCUT2D eigenvalue weighted by Crippen LogP contribution is -2.24. The molecule has 0 fully saturated rings. The first-order valence-corrected chi connectivity index (χ1v) is 5.59. The summed E-state index contributed by atoms with van der Waals surface area (Å²) < 4.78 is 0. The Kier molecular flexibility index (Phi) is 5.05. The maximum absolute atomic E-state index is 5.65. The third kappa shape index (κ3) is 4.49. The second kappa shape index (κ2) is 6.31. The molecule has 0 atom stereocenters. The number of aromatic nitrogens is 3. The van der Waals surface area contributed by atoms with E-state index < -0.39 is 0 Å². The average Bonchev–Trinajstić information content (AvgIpc) is 2.25. The van der Waals surface area contributed by atoms with Crippen LogP contribution >= 0.6 is 0 Å². The summed E-state index contributed by atoms with van der Waals surface area (Å²) in [5.41, 5.74) is 11.1. The maximum atomic E-state index is 5.65. The molecule has 1 aromatic heterocycles. The van der Waals surface area contributed by atoms with Gasteiger partial charge in [0.1, 0.15) is 5.82 Å². The minimum atomic E-state index is 0.255. The molecule has 0 amide bonds. The van der Waals surface area contributed by atoms with Gasteiger partial charge in [0, 0.05) is 14.1 Å². The van der Waals surface area contributed by atoms with E-state index in [1.54, 1.807) is 4.90 Å². The number of rotatable bonds is 6. The molecule has 0 saturated carbocycles. The van der Waals surface area contributed by atoms with Crippen LogP contribution in [0.4, 0.5) is 11.9 Å². The van der Waals surface area contributed by atoms with Crippen LogP contribution in [0.25, 0.3) is 0 Å². The van der Waals surface area contributed by atoms with Gasteiger partial charge < -0.3 is 16.4 Å². The highest BCUT2D eigenvalue weighted by Gasteiger charge is 2.08. The summed E-state index contributed by atoms with van der Waals surface area (Å²) in [5.74, 6) is 1.52. The van der Waals surface area contributed by atoms with Crippen molar-refractivity contribution in [2.75, 3.05) is 44.9 Å². The second-order valence-corrected chi connectivity index (χ2v) is 4.18. The van der Waals surface area contributed by atoms with Crippen LogP contribution in [0.15, 0.2) is 0 Å². The van der Waals surface area contributed by atoms with E-state index in [1.807, 2.05) is 21.1 Å². The maximum Gasteiger partial charge on any atom is 0.229 e. The van der Waals surface area contributed by atoms with Crippen molar-refractivity contribution in [1.82, 2.24) is 19.9 Å². The van der Waals surface area contributed by atoms with Gasteiger partial charge in [-0.15, -0.1) is 0 Å². The molecular weight excluding hydrogens is 218 g/mol. The first-order valence-electron chi connectivity index (χ1n) is 5.59. The van der Waals surface area contributed by atoms with Crippen molar-refractivity contribution in [3.8, 4) is 0 Å². The molecule has 1 aromatic rings. The lowest BCUT2D eigenvalue weighted by atomic mass is 10.4. The number of nitrogen functional groups attached to an aromatic ring is 1. The van der Waals surface area contributed by atoms with Gasteiger partial charge in [0.25, 0.3) is 0 Å². The van der Waals surface area contributed by atoms with Crippen LogP contribution in [0.2, 0.25) is 0 Å².